The average molecular weight is 284 g/mol. The second kappa shape index (κ2) is 7.39. The van der Waals surface area contributed by atoms with E-state index in [9.17, 15) is 4.79 Å². The van der Waals surface area contributed by atoms with Gasteiger partial charge in [-0.3, -0.25) is 4.79 Å². The monoisotopic (exact) mass is 283 g/mol. The van der Waals surface area contributed by atoms with Crippen molar-refractivity contribution in [2.75, 3.05) is 24.6 Å². The molecule has 0 N–H and O–H groups in total. The number of rotatable bonds is 7. The van der Waals surface area contributed by atoms with Crippen LogP contribution < -0.4 is 9.64 Å². The van der Waals surface area contributed by atoms with Crippen molar-refractivity contribution in [1.29, 1.82) is 0 Å². The highest BCUT2D eigenvalue weighted by molar-refractivity contribution is 6.34. The summed E-state index contributed by atoms with van der Waals surface area (Å²) in [4.78, 5) is 14.2. The normalized spacial score (nSPS) is 12.1. The Morgan fingerprint density at radius 1 is 1.32 bits per heavy atom. The van der Waals surface area contributed by atoms with Crippen LogP contribution in [0.3, 0.4) is 0 Å². The van der Waals surface area contributed by atoms with Gasteiger partial charge >= 0.3 is 0 Å². The van der Waals surface area contributed by atoms with Gasteiger partial charge in [0.05, 0.1) is 17.5 Å². The van der Waals surface area contributed by atoms with Gasteiger partial charge in [0.15, 0.2) is 5.78 Å². The Bertz CT molecular complexity index is 428. The van der Waals surface area contributed by atoms with Crippen molar-refractivity contribution >= 4 is 23.1 Å². The van der Waals surface area contributed by atoms with Crippen LogP contribution in [0.2, 0.25) is 0 Å². The summed E-state index contributed by atoms with van der Waals surface area (Å²) in [5.74, 6) is 0.514. The van der Waals surface area contributed by atoms with Gasteiger partial charge in [0.1, 0.15) is 5.75 Å². The third-order valence-corrected chi connectivity index (χ3v) is 3.22. The number of alkyl halides is 1. The molecular weight excluding hydrogens is 262 g/mol. The number of ketones is 1. The average Bonchev–Trinajstić information content (AvgIpc) is 2.40. The minimum absolute atomic E-state index is 0.101. The van der Waals surface area contributed by atoms with Gasteiger partial charge in [-0.1, -0.05) is 0 Å². The Morgan fingerprint density at radius 3 is 2.42 bits per heavy atom. The summed E-state index contributed by atoms with van der Waals surface area (Å²) >= 11 is 5.88. The van der Waals surface area contributed by atoms with E-state index in [1.165, 1.54) is 0 Å². The van der Waals surface area contributed by atoms with Gasteiger partial charge in [-0.15, -0.1) is 11.6 Å². The summed E-state index contributed by atoms with van der Waals surface area (Å²) in [6.07, 6.45) is 0. The maximum absolute atomic E-state index is 12.0. The van der Waals surface area contributed by atoms with Gasteiger partial charge in [-0.05, 0) is 39.8 Å². The van der Waals surface area contributed by atoms with Crippen molar-refractivity contribution < 1.29 is 9.53 Å². The molecule has 1 unspecified atom stereocenters. The van der Waals surface area contributed by atoms with Crippen LogP contribution >= 0.6 is 11.6 Å². The lowest BCUT2D eigenvalue weighted by molar-refractivity contribution is 0.0988. The molecule has 0 bridgehead atoms. The lowest BCUT2D eigenvalue weighted by Crippen LogP contribution is -2.22. The molecule has 0 spiro atoms. The molecule has 1 aromatic rings. The molecule has 0 amide bonds. The summed E-state index contributed by atoms with van der Waals surface area (Å²) in [6.45, 7) is 10.1. The van der Waals surface area contributed by atoms with E-state index in [0.29, 0.717) is 17.9 Å². The largest absolute Gasteiger partial charge is 0.493 e. The SMILES string of the molecule is CCOc1cc(N(CC)CC)ccc1C(=O)C(C)Cl. The molecular formula is C15H22ClNO2. The predicted octanol–water partition coefficient (Wildman–Crippen LogP) is 3.74. The van der Waals surface area contributed by atoms with Gasteiger partial charge in [0.25, 0.3) is 0 Å². The summed E-state index contributed by atoms with van der Waals surface area (Å²) in [6, 6.07) is 5.67. The maximum Gasteiger partial charge on any atom is 0.184 e. The molecule has 1 rings (SSSR count). The van der Waals surface area contributed by atoms with Crippen LogP contribution in [0.25, 0.3) is 0 Å². The van der Waals surface area contributed by atoms with Gasteiger partial charge in [0.2, 0.25) is 0 Å². The second-order valence-corrected chi connectivity index (χ2v) is 4.92. The molecule has 4 heteroatoms. The van der Waals surface area contributed by atoms with Crippen molar-refractivity contribution in [2.45, 2.75) is 33.1 Å². The van der Waals surface area contributed by atoms with Gasteiger partial charge in [0, 0.05) is 24.8 Å². The molecule has 0 aliphatic heterocycles. The molecule has 0 aliphatic carbocycles. The van der Waals surface area contributed by atoms with E-state index in [2.05, 4.69) is 18.7 Å². The van der Waals surface area contributed by atoms with Crippen LogP contribution in [0.4, 0.5) is 5.69 Å². The fourth-order valence-corrected chi connectivity index (χ4v) is 2.11. The quantitative estimate of drug-likeness (QED) is 0.564. The van der Waals surface area contributed by atoms with Gasteiger partial charge in [-0.25, -0.2) is 0 Å². The molecule has 0 heterocycles. The first-order valence-corrected chi connectivity index (χ1v) is 7.18. The van der Waals surface area contributed by atoms with Crippen LogP contribution in [0.15, 0.2) is 18.2 Å². The zero-order valence-electron chi connectivity index (χ0n) is 12.1. The van der Waals surface area contributed by atoms with Crippen molar-refractivity contribution in [3.05, 3.63) is 23.8 Å². The van der Waals surface area contributed by atoms with Gasteiger partial charge < -0.3 is 9.64 Å². The van der Waals surface area contributed by atoms with Crippen molar-refractivity contribution in [1.82, 2.24) is 0 Å². The predicted molar refractivity (Wildman–Crippen MR) is 80.8 cm³/mol. The first kappa shape index (κ1) is 15.8. The van der Waals surface area contributed by atoms with Crippen molar-refractivity contribution in [3.63, 3.8) is 0 Å². The van der Waals surface area contributed by atoms with Crippen LogP contribution in [0, 0.1) is 0 Å². The van der Waals surface area contributed by atoms with Gasteiger partial charge in [-0.2, -0.15) is 0 Å². The number of anilines is 1. The third kappa shape index (κ3) is 3.87. The molecule has 3 nitrogen and oxygen atoms in total. The number of hydrogen-bond acceptors (Lipinski definition) is 3. The van der Waals surface area contributed by atoms with E-state index in [1.807, 2.05) is 19.1 Å². The highest BCUT2D eigenvalue weighted by atomic mass is 35.5. The van der Waals surface area contributed by atoms with E-state index in [4.69, 9.17) is 16.3 Å². The zero-order valence-corrected chi connectivity index (χ0v) is 12.8. The summed E-state index contributed by atoms with van der Waals surface area (Å²) in [5, 5.41) is -0.543. The summed E-state index contributed by atoms with van der Waals surface area (Å²) in [5.41, 5.74) is 1.62. The Labute approximate surface area is 120 Å². The third-order valence-electron chi connectivity index (χ3n) is 3.02. The Kier molecular flexibility index (Phi) is 6.16. The summed E-state index contributed by atoms with van der Waals surface area (Å²) < 4.78 is 5.58. The number of hydrogen-bond donors (Lipinski definition) is 0. The fourth-order valence-electron chi connectivity index (χ4n) is 1.99. The molecule has 0 fully saturated rings. The lowest BCUT2D eigenvalue weighted by Gasteiger charge is -2.22. The number of benzene rings is 1. The van der Waals surface area contributed by atoms with Crippen molar-refractivity contribution in [2.24, 2.45) is 0 Å². The minimum Gasteiger partial charge on any atom is -0.493 e. The van der Waals surface area contributed by atoms with E-state index in [1.54, 1.807) is 13.0 Å². The first-order valence-electron chi connectivity index (χ1n) is 6.75. The highest BCUT2D eigenvalue weighted by Gasteiger charge is 2.18. The summed E-state index contributed by atoms with van der Waals surface area (Å²) in [7, 11) is 0. The molecule has 106 valence electrons. The number of ether oxygens (including phenoxy) is 1. The number of nitrogens with zero attached hydrogens (tertiary/aromatic N) is 1. The Hall–Kier alpha value is -1.22. The molecule has 0 saturated carbocycles. The minimum atomic E-state index is -0.543. The first-order chi connectivity index (χ1) is 9.04. The number of Topliss-reactive ketones (excluding diaryl/α,β-unsaturated/α-hetero) is 1. The van der Waals surface area contributed by atoms with E-state index < -0.39 is 5.38 Å². The molecule has 0 radical (unpaired) electrons. The molecule has 1 aromatic carbocycles. The van der Waals surface area contributed by atoms with E-state index in [0.717, 1.165) is 18.8 Å². The van der Waals surface area contributed by atoms with Crippen molar-refractivity contribution in [3.8, 4) is 5.75 Å². The standard InChI is InChI=1S/C15H22ClNO2/c1-5-17(6-2)12-8-9-13(15(18)11(4)16)14(10-12)19-7-3/h8-11H,5-7H2,1-4H3. The topological polar surface area (TPSA) is 29.5 Å². The zero-order chi connectivity index (χ0) is 14.4. The molecule has 1 atom stereocenters. The number of carbonyl (C=O) groups is 1. The van der Waals surface area contributed by atoms with E-state index >= 15 is 0 Å². The molecule has 0 saturated heterocycles. The van der Waals surface area contributed by atoms with Crippen LogP contribution in [0.1, 0.15) is 38.1 Å². The van der Waals surface area contributed by atoms with Crippen LogP contribution in [-0.4, -0.2) is 30.9 Å². The molecule has 19 heavy (non-hydrogen) atoms. The molecule has 0 aromatic heterocycles. The second-order valence-electron chi connectivity index (χ2n) is 4.27. The fraction of sp³-hybridized carbons (Fsp3) is 0.533. The highest BCUT2D eigenvalue weighted by Crippen LogP contribution is 2.27. The number of halogens is 1. The smallest absolute Gasteiger partial charge is 0.184 e. The lowest BCUT2D eigenvalue weighted by atomic mass is 10.1. The van der Waals surface area contributed by atoms with Crippen LogP contribution in [-0.2, 0) is 0 Å². The van der Waals surface area contributed by atoms with Crippen LogP contribution in [0.5, 0.6) is 5.75 Å². The number of carbonyl (C=O) groups excluding carboxylic acids is 1. The Morgan fingerprint density at radius 2 is 1.95 bits per heavy atom. The molecule has 0 aliphatic rings. The maximum atomic E-state index is 12.0. The Balaban J connectivity index is 3.17. The van der Waals surface area contributed by atoms with E-state index in [-0.39, 0.29) is 5.78 Å².